The van der Waals surface area contributed by atoms with Gasteiger partial charge in [-0.25, -0.2) is 8.42 Å². The minimum atomic E-state index is -3.45. The topological polar surface area (TPSA) is 60.9 Å². The number of nitrogens with zero attached hydrogens (tertiary/aromatic N) is 2. The van der Waals surface area contributed by atoms with Crippen LogP contribution in [0, 0.1) is 0 Å². The molecule has 1 heterocycles. The zero-order valence-corrected chi connectivity index (χ0v) is 12.9. The van der Waals surface area contributed by atoms with Crippen molar-refractivity contribution in [3.05, 3.63) is 29.3 Å². The highest BCUT2D eigenvalue weighted by atomic mass is 32.2. The Hall–Kier alpha value is -0.950. The van der Waals surface area contributed by atoms with Crippen LogP contribution in [0.1, 0.15) is 18.1 Å². The molecule has 5 nitrogen and oxygen atoms in total. The first kappa shape index (κ1) is 15.4. The van der Waals surface area contributed by atoms with Crippen LogP contribution >= 0.6 is 0 Å². The maximum Gasteiger partial charge on any atom is 0.243 e. The largest absolute Gasteiger partial charge is 0.392 e. The van der Waals surface area contributed by atoms with Crippen LogP contribution in [0.25, 0.3) is 0 Å². The molecule has 112 valence electrons. The van der Waals surface area contributed by atoms with Crippen molar-refractivity contribution >= 4 is 10.0 Å². The maximum atomic E-state index is 12.6. The van der Waals surface area contributed by atoms with Crippen LogP contribution in [0.2, 0.25) is 0 Å². The van der Waals surface area contributed by atoms with Gasteiger partial charge in [-0.05, 0) is 36.7 Å². The van der Waals surface area contributed by atoms with Crippen LogP contribution in [-0.4, -0.2) is 56.0 Å². The summed E-state index contributed by atoms with van der Waals surface area (Å²) < 4.78 is 26.7. The van der Waals surface area contributed by atoms with Gasteiger partial charge in [0.25, 0.3) is 0 Å². The molecule has 2 rings (SSSR count). The Labute approximate surface area is 120 Å². The molecule has 0 atom stereocenters. The number of hydrogen-bond acceptors (Lipinski definition) is 4. The van der Waals surface area contributed by atoms with Crippen molar-refractivity contribution in [3.63, 3.8) is 0 Å². The van der Waals surface area contributed by atoms with Crippen LogP contribution in [0.5, 0.6) is 0 Å². The number of rotatable bonds is 4. The van der Waals surface area contributed by atoms with Gasteiger partial charge in [0.15, 0.2) is 0 Å². The van der Waals surface area contributed by atoms with E-state index in [9.17, 15) is 13.5 Å². The second-order valence-electron chi connectivity index (χ2n) is 5.15. The van der Waals surface area contributed by atoms with Crippen LogP contribution < -0.4 is 0 Å². The highest BCUT2D eigenvalue weighted by Crippen LogP contribution is 2.21. The molecule has 0 amide bonds. The quantitative estimate of drug-likeness (QED) is 0.888. The lowest BCUT2D eigenvalue weighted by atomic mass is 10.1. The van der Waals surface area contributed by atoms with E-state index in [2.05, 4.69) is 4.90 Å². The van der Waals surface area contributed by atoms with Crippen molar-refractivity contribution in [2.24, 2.45) is 0 Å². The smallest absolute Gasteiger partial charge is 0.243 e. The Kier molecular flexibility index (Phi) is 4.80. The van der Waals surface area contributed by atoms with Gasteiger partial charge in [0, 0.05) is 26.2 Å². The zero-order chi connectivity index (χ0) is 14.8. The molecule has 1 fully saturated rings. The summed E-state index contributed by atoms with van der Waals surface area (Å²) in [5.41, 5.74) is 1.69. The van der Waals surface area contributed by atoms with Gasteiger partial charge in [0.1, 0.15) is 0 Å². The molecule has 1 aromatic carbocycles. The van der Waals surface area contributed by atoms with Crippen LogP contribution in [0.4, 0.5) is 0 Å². The highest BCUT2D eigenvalue weighted by molar-refractivity contribution is 7.89. The average Bonchev–Trinajstić information content (AvgIpc) is 2.46. The van der Waals surface area contributed by atoms with Crippen molar-refractivity contribution in [1.29, 1.82) is 0 Å². The third-order valence-electron chi connectivity index (χ3n) is 3.83. The number of piperazine rings is 1. The predicted octanol–water partition coefficient (Wildman–Crippen LogP) is 0.677. The third kappa shape index (κ3) is 3.03. The average molecular weight is 298 g/mol. The van der Waals surface area contributed by atoms with Crippen molar-refractivity contribution < 1.29 is 13.5 Å². The number of aryl methyl sites for hydroxylation is 1. The summed E-state index contributed by atoms with van der Waals surface area (Å²) in [4.78, 5) is 2.40. The third-order valence-corrected chi connectivity index (χ3v) is 5.72. The van der Waals surface area contributed by atoms with Gasteiger partial charge in [0.2, 0.25) is 10.0 Å². The summed E-state index contributed by atoms with van der Waals surface area (Å²) >= 11 is 0. The van der Waals surface area contributed by atoms with Crippen molar-refractivity contribution in [3.8, 4) is 0 Å². The fraction of sp³-hybridized carbons (Fsp3) is 0.571. The van der Waals surface area contributed by atoms with Crippen molar-refractivity contribution in [2.75, 3.05) is 33.2 Å². The normalized spacial score (nSPS) is 18.4. The molecule has 0 aliphatic carbocycles. The molecular weight excluding hydrogens is 276 g/mol. The summed E-state index contributed by atoms with van der Waals surface area (Å²) in [5, 5.41) is 9.37. The Bertz CT molecular complexity index is 564. The summed E-state index contributed by atoms with van der Waals surface area (Å²) in [7, 11) is -1.46. The van der Waals surface area contributed by atoms with E-state index in [1.807, 2.05) is 14.0 Å². The number of aliphatic hydroxyl groups excluding tert-OH is 1. The molecule has 1 aliphatic heterocycles. The van der Waals surface area contributed by atoms with Gasteiger partial charge in [0.05, 0.1) is 11.5 Å². The number of likely N-dealkylation sites (N-methyl/N-ethyl adjacent to an activating group) is 1. The fourth-order valence-corrected chi connectivity index (χ4v) is 3.91. The second kappa shape index (κ2) is 6.22. The number of hydrogen-bond donors (Lipinski definition) is 1. The van der Waals surface area contributed by atoms with Gasteiger partial charge in [-0.1, -0.05) is 13.0 Å². The predicted molar refractivity (Wildman–Crippen MR) is 78.0 cm³/mol. The molecule has 6 heteroatoms. The van der Waals surface area contributed by atoms with Crippen LogP contribution in [0.15, 0.2) is 23.1 Å². The van der Waals surface area contributed by atoms with Crippen LogP contribution in [0.3, 0.4) is 0 Å². The maximum absolute atomic E-state index is 12.6. The molecule has 0 spiro atoms. The molecule has 0 saturated carbocycles. The van der Waals surface area contributed by atoms with Gasteiger partial charge < -0.3 is 10.0 Å². The SMILES string of the molecule is CCc1ccc(S(=O)(=O)N2CCN(C)CC2)cc1CO. The first-order chi connectivity index (χ1) is 9.48. The van der Waals surface area contributed by atoms with E-state index in [1.165, 1.54) is 4.31 Å². The van der Waals surface area contributed by atoms with Crippen molar-refractivity contribution in [1.82, 2.24) is 9.21 Å². The summed E-state index contributed by atoms with van der Waals surface area (Å²) in [5.74, 6) is 0. The second-order valence-corrected chi connectivity index (χ2v) is 7.09. The molecule has 1 N–H and O–H groups in total. The zero-order valence-electron chi connectivity index (χ0n) is 12.0. The molecule has 0 aromatic heterocycles. The Morgan fingerprint density at radius 2 is 1.80 bits per heavy atom. The van der Waals surface area contributed by atoms with E-state index in [-0.39, 0.29) is 11.5 Å². The lowest BCUT2D eigenvalue weighted by Gasteiger charge is -2.31. The first-order valence-electron chi connectivity index (χ1n) is 6.90. The Morgan fingerprint density at radius 3 is 2.35 bits per heavy atom. The molecule has 0 bridgehead atoms. The summed E-state index contributed by atoms with van der Waals surface area (Å²) in [6.07, 6.45) is 0.782. The van der Waals surface area contributed by atoms with Gasteiger partial charge in [-0.3, -0.25) is 0 Å². The fourth-order valence-electron chi connectivity index (χ4n) is 2.43. The Morgan fingerprint density at radius 1 is 1.15 bits per heavy atom. The van der Waals surface area contributed by atoms with Gasteiger partial charge >= 0.3 is 0 Å². The van der Waals surface area contributed by atoms with E-state index < -0.39 is 10.0 Å². The standard InChI is InChI=1S/C14H22N2O3S/c1-3-12-4-5-14(10-13(12)11-17)20(18,19)16-8-6-15(2)7-9-16/h4-5,10,17H,3,6-9,11H2,1-2H3. The minimum absolute atomic E-state index is 0.130. The lowest BCUT2D eigenvalue weighted by Crippen LogP contribution is -2.47. The van der Waals surface area contributed by atoms with Crippen molar-refractivity contribution in [2.45, 2.75) is 24.8 Å². The molecule has 1 aromatic rings. The van der Waals surface area contributed by atoms with E-state index in [0.717, 1.165) is 25.1 Å². The monoisotopic (exact) mass is 298 g/mol. The van der Waals surface area contributed by atoms with E-state index in [1.54, 1.807) is 18.2 Å². The molecule has 1 saturated heterocycles. The molecule has 20 heavy (non-hydrogen) atoms. The lowest BCUT2D eigenvalue weighted by molar-refractivity contribution is 0.222. The summed E-state index contributed by atoms with van der Waals surface area (Å²) in [6, 6.07) is 5.05. The minimum Gasteiger partial charge on any atom is -0.392 e. The molecular formula is C14H22N2O3S. The Balaban J connectivity index is 2.30. The van der Waals surface area contributed by atoms with Crippen LogP contribution in [-0.2, 0) is 23.1 Å². The highest BCUT2D eigenvalue weighted by Gasteiger charge is 2.27. The van der Waals surface area contributed by atoms with Gasteiger partial charge in [-0.15, -0.1) is 0 Å². The molecule has 1 aliphatic rings. The first-order valence-corrected chi connectivity index (χ1v) is 8.34. The van der Waals surface area contributed by atoms with E-state index in [4.69, 9.17) is 0 Å². The van der Waals surface area contributed by atoms with Gasteiger partial charge in [-0.2, -0.15) is 4.31 Å². The molecule has 0 radical (unpaired) electrons. The number of aliphatic hydroxyl groups is 1. The van der Waals surface area contributed by atoms with E-state index >= 15 is 0 Å². The molecule has 0 unspecified atom stereocenters. The summed E-state index contributed by atoms with van der Waals surface area (Å²) in [6.45, 7) is 4.39. The number of sulfonamides is 1. The number of benzene rings is 1. The van der Waals surface area contributed by atoms with E-state index in [0.29, 0.717) is 18.7 Å².